The van der Waals surface area contributed by atoms with Crippen molar-refractivity contribution < 1.29 is 0 Å². The molecule has 0 unspecified atom stereocenters. The summed E-state index contributed by atoms with van der Waals surface area (Å²) in [4.78, 5) is 8.93. The van der Waals surface area contributed by atoms with Crippen LogP contribution in [0.1, 0.15) is 30.9 Å². The summed E-state index contributed by atoms with van der Waals surface area (Å²) in [6.07, 6.45) is 1.44. The van der Waals surface area contributed by atoms with E-state index in [1.807, 2.05) is 24.3 Å². The highest BCUT2D eigenvalue weighted by Gasteiger charge is 2.13. The van der Waals surface area contributed by atoms with Crippen LogP contribution in [-0.4, -0.2) is 9.97 Å². The first-order valence-electron chi connectivity index (χ1n) is 6.41. The predicted molar refractivity (Wildman–Crippen MR) is 87.5 cm³/mol. The third-order valence-corrected chi connectivity index (χ3v) is 4.54. The molecule has 0 saturated heterocycles. The van der Waals surface area contributed by atoms with E-state index in [9.17, 15) is 0 Å². The second-order valence-electron chi connectivity index (χ2n) is 5.06. The molecule has 0 bridgehead atoms. The molecule has 106 valence electrons. The van der Waals surface area contributed by atoms with Gasteiger partial charge in [0.1, 0.15) is 11.0 Å². The summed E-state index contributed by atoms with van der Waals surface area (Å²) in [6.45, 7) is 4.30. The minimum Gasteiger partial charge on any atom is -0.236 e. The van der Waals surface area contributed by atoms with Crippen molar-refractivity contribution >= 4 is 39.1 Å². The van der Waals surface area contributed by atoms with Crippen molar-refractivity contribution in [2.24, 2.45) is 5.92 Å². The molecule has 0 saturated carbocycles. The number of hydrogen-bond donors (Lipinski definition) is 0. The Bertz CT molecular complexity index is 615. The van der Waals surface area contributed by atoms with Gasteiger partial charge >= 0.3 is 0 Å². The van der Waals surface area contributed by atoms with Crippen LogP contribution in [-0.2, 0) is 12.8 Å². The molecule has 2 aromatic rings. The van der Waals surface area contributed by atoms with Crippen LogP contribution in [0.2, 0.25) is 10.2 Å². The number of hydrogen-bond acceptors (Lipinski definition) is 2. The summed E-state index contributed by atoms with van der Waals surface area (Å²) in [5, 5.41) is 1.18. The molecule has 0 aliphatic heterocycles. The average molecular weight is 374 g/mol. The van der Waals surface area contributed by atoms with E-state index in [-0.39, 0.29) is 0 Å². The molecule has 0 aliphatic rings. The normalized spacial score (nSPS) is 11.1. The molecule has 1 aromatic heterocycles. The molecule has 2 rings (SSSR count). The third-order valence-electron chi connectivity index (χ3n) is 2.83. The van der Waals surface area contributed by atoms with E-state index in [2.05, 4.69) is 39.7 Å². The zero-order chi connectivity index (χ0) is 14.7. The molecule has 0 spiro atoms. The molecule has 0 amide bonds. The van der Waals surface area contributed by atoms with E-state index < -0.39 is 0 Å². The van der Waals surface area contributed by atoms with Crippen LogP contribution in [0.4, 0.5) is 0 Å². The maximum absolute atomic E-state index is 6.18. The fraction of sp³-hybridized carbons (Fsp3) is 0.333. The molecule has 1 aromatic carbocycles. The Hall–Kier alpha value is -0.640. The van der Waals surface area contributed by atoms with E-state index in [1.54, 1.807) is 0 Å². The fourth-order valence-electron chi connectivity index (χ4n) is 1.92. The topological polar surface area (TPSA) is 25.8 Å². The van der Waals surface area contributed by atoms with Crippen molar-refractivity contribution in [3.63, 3.8) is 0 Å². The SMILES string of the molecule is CC(C)Cc1nc(Cc2ccccc2Cl)nc(Cl)c1Br. The minimum absolute atomic E-state index is 0.456. The summed E-state index contributed by atoms with van der Waals surface area (Å²) in [7, 11) is 0. The first-order valence-corrected chi connectivity index (χ1v) is 7.96. The van der Waals surface area contributed by atoms with E-state index in [4.69, 9.17) is 23.2 Å². The van der Waals surface area contributed by atoms with Gasteiger partial charge in [-0.05, 0) is 39.9 Å². The van der Waals surface area contributed by atoms with Crippen LogP contribution in [0.15, 0.2) is 28.7 Å². The van der Waals surface area contributed by atoms with Gasteiger partial charge in [-0.1, -0.05) is 55.2 Å². The fourth-order valence-corrected chi connectivity index (χ4v) is 2.67. The van der Waals surface area contributed by atoms with Gasteiger partial charge in [0, 0.05) is 11.4 Å². The van der Waals surface area contributed by atoms with Crippen LogP contribution in [0.3, 0.4) is 0 Å². The number of aromatic nitrogens is 2. The number of rotatable bonds is 4. The van der Waals surface area contributed by atoms with Crippen molar-refractivity contribution in [3.05, 3.63) is 56.0 Å². The van der Waals surface area contributed by atoms with Gasteiger partial charge in [-0.25, -0.2) is 9.97 Å². The first kappa shape index (κ1) is 15.7. The standard InChI is InChI=1S/C15H15BrCl2N2/c1-9(2)7-12-14(16)15(18)20-13(19-12)8-10-5-3-4-6-11(10)17/h3-6,9H,7-8H2,1-2H3. The highest BCUT2D eigenvalue weighted by Crippen LogP contribution is 2.26. The van der Waals surface area contributed by atoms with Crippen molar-refractivity contribution in [1.29, 1.82) is 0 Å². The maximum atomic E-state index is 6.18. The van der Waals surface area contributed by atoms with Gasteiger partial charge in [0.2, 0.25) is 0 Å². The summed E-state index contributed by atoms with van der Waals surface area (Å²) in [6, 6.07) is 7.71. The van der Waals surface area contributed by atoms with Crippen molar-refractivity contribution in [2.45, 2.75) is 26.7 Å². The third kappa shape index (κ3) is 3.94. The molecule has 20 heavy (non-hydrogen) atoms. The Morgan fingerprint density at radius 1 is 1.15 bits per heavy atom. The van der Waals surface area contributed by atoms with Crippen LogP contribution >= 0.6 is 39.1 Å². The lowest BCUT2D eigenvalue weighted by Crippen LogP contribution is -2.05. The minimum atomic E-state index is 0.456. The summed E-state index contributed by atoms with van der Waals surface area (Å²) < 4.78 is 0.788. The molecule has 0 atom stereocenters. The van der Waals surface area contributed by atoms with Gasteiger partial charge < -0.3 is 0 Å². The highest BCUT2D eigenvalue weighted by molar-refractivity contribution is 9.10. The maximum Gasteiger partial charge on any atom is 0.147 e. The first-order chi connectivity index (χ1) is 9.47. The predicted octanol–water partition coefficient (Wildman–Crippen LogP) is 5.34. The van der Waals surface area contributed by atoms with Crippen LogP contribution in [0.25, 0.3) is 0 Å². The lowest BCUT2D eigenvalue weighted by Gasteiger charge is -2.10. The Morgan fingerprint density at radius 3 is 2.50 bits per heavy atom. The van der Waals surface area contributed by atoms with Gasteiger partial charge in [-0.2, -0.15) is 0 Å². The van der Waals surface area contributed by atoms with Crippen molar-refractivity contribution in [1.82, 2.24) is 9.97 Å². The molecule has 0 radical (unpaired) electrons. The van der Waals surface area contributed by atoms with Gasteiger partial charge in [0.15, 0.2) is 0 Å². The van der Waals surface area contributed by atoms with Gasteiger partial charge in [-0.3, -0.25) is 0 Å². The van der Waals surface area contributed by atoms with Crippen LogP contribution in [0, 0.1) is 5.92 Å². The molecular weight excluding hydrogens is 359 g/mol. The van der Waals surface area contributed by atoms with Crippen LogP contribution < -0.4 is 0 Å². The number of benzene rings is 1. The Morgan fingerprint density at radius 2 is 1.85 bits per heavy atom. The van der Waals surface area contributed by atoms with Gasteiger partial charge in [0.25, 0.3) is 0 Å². The molecule has 0 aliphatic carbocycles. The van der Waals surface area contributed by atoms with Gasteiger partial charge in [-0.15, -0.1) is 0 Å². The number of nitrogens with zero attached hydrogens (tertiary/aromatic N) is 2. The lowest BCUT2D eigenvalue weighted by molar-refractivity contribution is 0.628. The van der Waals surface area contributed by atoms with E-state index in [0.717, 1.165) is 27.2 Å². The smallest absolute Gasteiger partial charge is 0.147 e. The zero-order valence-electron chi connectivity index (χ0n) is 11.3. The van der Waals surface area contributed by atoms with E-state index >= 15 is 0 Å². The van der Waals surface area contributed by atoms with E-state index in [1.165, 1.54) is 0 Å². The zero-order valence-corrected chi connectivity index (χ0v) is 14.4. The number of halogens is 3. The second-order valence-corrected chi connectivity index (χ2v) is 6.62. The molecule has 0 fully saturated rings. The van der Waals surface area contributed by atoms with Crippen LogP contribution in [0.5, 0.6) is 0 Å². The van der Waals surface area contributed by atoms with E-state index in [0.29, 0.717) is 23.3 Å². The molecule has 0 N–H and O–H groups in total. The summed E-state index contributed by atoms with van der Waals surface area (Å²) in [5.74, 6) is 1.20. The Balaban J connectivity index is 2.33. The van der Waals surface area contributed by atoms with Crippen molar-refractivity contribution in [3.8, 4) is 0 Å². The molecule has 5 heteroatoms. The van der Waals surface area contributed by atoms with Gasteiger partial charge in [0.05, 0.1) is 10.2 Å². The lowest BCUT2D eigenvalue weighted by atomic mass is 10.1. The Kier molecular flexibility index (Phi) is 5.42. The molecular formula is C15H15BrCl2N2. The average Bonchev–Trinajstić information content (AvgIpc) is 2.37. The quantitative estimate of drug-likeness (QED) is 0.676. The largest absolute Gasteiger partial charge is 0.236 e. The summed E-state index contributed by atoms with van der Waals surface area (Å²) in [5.41, 5.74) is 1.95. The molecule has 1 heterocycles. The van der Waals surface area contributed by atoms with Crippen molar-refractivity contribution in [2.75, 3.05) is 0 Å². The summed E-state index contributed by atoms with van der Waals surface area (Å²) >= 11 is 15.8. The second kappa shape index (κ2) is 6.88. The monoisotopic (exact) mass is 372 g/mol. The molecule has 2 nitrogen and oxygen atoms in total. The highest BCUT2D eigenvalue weighted by atomic mass is 79.9. The Labute approximate surface area is 137 Å².